The van der Waals surface area contributed by atoms with E-state index in [2.05, 4.69) is 15.5 Å². The van der Waals surface area contributed by atoms with Gasteiger partial charge < -0.3 is 9.84 Å². The summed E-state index contributed by atoms with van der Waals surface area (Å²) in [6.45, 7) is 2.02. The fourth-order valence-corrected chi connectivity index (χ4v) is 2.97. The van der Waals surface area contributed by atoms with E-state index in [-0.39, 0.29) is 17.7 Å². The fourth-order valence-electron chi connectivity index (χ4n) is 2.97. The van der Waals surface area contributed by atoms with Crippen molar-refractivity contribution in [2.75, 3.05) is 0 Å². The molecular formula is C23H19N3O2. The van der Waals surface area contributed by atoms with Gasteiger partial charge in [0.05, 0.1) is 11.7 Å². The molecule has 0 aliphatic heterocycles. The van der Waals surface area contributed by atoms with E-state index in [0.717, 1.165) is 22.4 Å². The number of pyridine rings is 1. The Bertz CT molecular complexity index is 1020. The molecule has 0 saturated carbocycles. The quantitative estimate of drug-likeness (QED) is 0.560. The van der Waals surface area contributed by atoms with Gasteiger partial charge in [0, 0.05) is 17.8 Å². The van der Waals surface area contributed by atoms with E-state index < -0.39 is 0 Å². The third kappa shape index (κ3) is 3.83. The highest BCUT2D eigenvalue weighted by atomic mass is 16.5. The van der Waals surface area contributed by atoms with Gasteiger partial charge in [-0.05, 0) is 24.6 Å². The van der Waals surface area contributed by atoms with Crippen LogP contribution in [0.4, 0.5) is 0 Å². The van der Waals surface area contributed by atoms with Crippen molar-refractivity contribution in [3.05, 3.63) is 108 Å². The molecule has 0 fully saturated rings. The van der Waals surface area contributed by atoms with Crippen molar-refractivity contribution in [2.24, 2.45) is 0 Å². The van der Waals surface area contributed by atoms with Crippen LogP contribution in [0.3, 0.4) is 0 Å². The van der Waals surface area contributed by atoms with E-state index in [4.69, 9.17) is 4.52 Å². The largest absolute Gasteiger partial charge is 0.350 e. The molecule has 0 bridgehead atoms. The zero-order valence-corrected chi connectivity index (χ0v) is 15.4. The number of rotatable bonds is 5. The third-order valence-corrected chi connectivity index (χ3v) is 4.47. The average Bonchev–Trinajstić information content (AvgIpc) is 3.24. The Morgan fingerprint density at radius 3 is 2.43 bits per heavy atom. The first-order chi connectivity index (χ1) is 13.7. The van der Waals surface area contributed by atoms with Crippen LogP contribution in [0, 0.1) is 6.92 Å². The Morgan fingerprint density at radius 1 is 0.964 bits per heavy atom. The zero-order valence-electron chi connectivity index (χ0n) is 15.4. The van der Waals surface area contributed by atoms with Crippen molar-refractivity contribution >= 4 is 5.91 Å². The topological polar surface area (TPSA) is 68.0 Å². The lowest BCUT2D eigenvalue weighted by molar-refractivity contribution is 0.0905. The summed E-state index contributed by atoms with van der Waals surface area (Å²) in [5.74, 6) is -0.183. The molecule has 0 aliphatic carbocycles. The normalized spacial score (nSPS) is 11.8. The molecule has 1 N–H and O–H groups in total. The predicted octanol–water partition coefficient (Wildman–Crippen LogP) is 4.56. The molecule has 0 saturated heterocycles. The van der Waals surface area contributed by atoms with Crippen LogP contribution in [-0.2, 0) is 0 Å². The van der Waals surface area contributed by atoms with E-state index in [9.17, 15) is 4.79 Å². The van der Waals surface area contributed by atoms with Crippen LogP contribution in [0.5, 0.6) is 0 Å². The Morgan fingerprint density at radius 2 is 1.71 bits per heavy atom. The summed E-state index contributed by atoms with van der Waals surface area (Å²) in [7, 11) is 0. The number of nitrogens with zero attached hydrogens (tertiary/aromatic N) is 2. The number of hydrogen-bond donors (Lipinski definition) is 1. The lowest BCUT2D eigenvalue weighted by atomic mass is 10.0. The smallest absolute Gasteiger partial charge is 0.290 e. The molecule has 2 aromatic carbocycles. The third-order valence-electron chi connectivity index (χ3n) is 4.47. The highest BCUT2D eigenvalue weighted by Gasteiger charge is 2.21. The second-order valence-electron chi connectivity index (χ2n) is 6.51. The highest BCUT2D eigenvalue weighted by Crippen LogP contribution is 2.23. The molecular weight excluding hydrogens is 350 g/mol. The van der Waals surface area contributed by atoms with E-state index in [1.54, 1.807) is 12.3 Å². The van der Waals surface area contributed by atoms with Gasteiger partial charge in [0.25, 0.3) is 5.91 Å². The summed E-state index contributed by atoms with van der Waals surface area (Å²) in [6, 6.07) is 24.5. The Hall–Kier alpha value is -3.73. The number of aromatic nitrogens is 2. The van der Waals surface area contributed by atoms with Gasteiger partial charge >= 0.3 is 0 Å². The van der Waals surface area contributed by atoms with Gasteiger partial charge in [-0.1, -0.05) is 71.4 Å². The van der Waals surface area contributed by atoms with Gasteiger partial charge in [0.15, 0.2) is 0 Å². The van der Waals surface area contributed by atoms with Crippen LogP contribution in [0.15, 0.2) is 89.6 Å². The maximum Gasteiger partial charge on any atom is 0.290 e. The maximum absolute atomic E-state index is 12.8. The minimum Gasteiger partial charge on any atom is -0.350 e. The standard InChI is InChI=1S/C23H19N3O2/c1-16-10-12-17(13-11-16)20-15-21(28-26-20)23(27)25-22(18-7-3-2-4-8-18)19-9-5-6-14-24-19/h2-15,22H,1H3,(H,25,27). The minimum absolute atomic E-state index is 0.160. The fraction of sp³-hybridized carbons (Fsp3) is 0.0870. The predicted molar refractivity (Wildman–Crippen MR) is 107 cm³/mol. The summed E-state index contributed by atoms with van der Waals surface area (Å²) in [5.41, 5.74) is 4.37. The van der Waals surface area contributed by atoms with Gasteiger partial charge in [-0.2, -0.15) is 0 Å². The number of benzene rings is 2. The molecule has 1 amide bonds. The number of aryl methyl sites for hydroxylation is 1. The molecule has 5 heteroatoms. The van der Waals surface area contributed by atoms with Crippen molar-refractivity contribution in [1.82, 2.24) is 15.5 Å². The van der Waals surface area contributed by atoms with E-state index in [0.29, 0.717) is 5.69 Å². The summed E-state index contributed by atoms with van der Waals surface area (Å²) in [6.07, 6.45) is 1.71. The number of amides is 1. The molecule has 4 rings (SSSR count). The summed E-state index contributed by atoms with van der Waals surface area (Å²) >= 11 is 0. The molecule has 1 unspecified atom stereocenters. The van der Waals surface area contributed by atoms with Crippen molar-refractivity contribution in [1.29, 1.82) is 0 Å². The maximum atomic E-state index is 12.8. The van der Waals surface area contributed by atoms with Crippen molar-refractivity contribution < 1.29 is 9.32 Å². The first-order valence-electron chi connectivity index (χ1n) is 9.01. The monoisotopic (exact) mass is 369 g/mol. The van der Waals surface area contributed by atoms with E-state index >= 15 is 0 Å². The van der Waals surface area contributed by atoms with Gasteiger partial charge in [-0.25, -0.2) is 0 Å². The summed E-state index contributed by atoms with van der Waals surface area (Å²) < 4.78 is 5.30. The molecule has 0 radical (unpaired) electrons. The molecule has 28 heavy (non-hydrogen) atoms. The van der Waals surface area contributed by atoms with Gasteiger partial charge in [0.2, 0.25) is 5.76 Å². The van der Waals surface area contributed by atoms with Gasteiger partial charge in [-0.3, -0.25) is 9.78 Å². The molecule has 2 aromatic heterocycles. The number of hydrogen-bond acceptors (Lipinski definition) is 4. The molecule has 4 aromatic rings. The average molecular weight is 369 g/mol. The Balaban J connectivity index is 1.59. The first kappa shape index (κ1) is 17.7. The molecule has 1 atom stereocenters. The number of carbonyl (C=O) groups is 1. The molecule has 138 valence electrons. The van der Waals surface area contributed by atoms with Crippen LogP contribution < -0.4 is 5.32 Å². The van der Waals surface area contributed by atoms with Crippen molar-refractivity contribution in [3.63, 3.8) is 0 Å². The van der Waals surface area contributed by atoms with Crippen LogP contribution in [0.25, 0.3) is 11.3 Å². The van der Waals surface area contributed by atoms with Crippen molar-refractivity contribution in [3.8, 4) is 11.3 Å². The van der Waals surface area contributed by atoms with E-state index in [1.807, 2.05) is 79.7 Å². The highest BCUT2D eigenvalue weighted by molar-refractivity contribution is 5.92. The molecule has 5 nitrogen and oxygen atoms in total. The molecule has 0 spiro atoms. The number of carbonyl (C=O) groups excluding carboxylic acids is 1. The second-order valence-corrected chi connectivity index (χ2v) is 6.51. The second kappa shape index (κ2) is 7.88. The molecule has 2 heterocycles. The van der Waals surface area contributed by atoms with E-state index in [1.165, 1.54) is 0 Å². The van der Waals surface area contributed by atoms with Crippen LogP contribution in [0.2, 0.25) is 0 Å². The van der Waals surface area contributed by atoms with Crippen LogP contribution >= 0.6 is 0 Å². The van der Waals surface area contributed by atoms with Crippen LogP contribution in [0.1, 0.15) is 33.4 Å². The lowest BCUT2D eigenvalue weighted by Crippen LogP contribution is -2.29. The first-order valence-corrected chi connectivity index (χ1v) is 9.01. The summed E-state index contributed by atoms with van der Waals surface area (Å²) in [5, 5.41) is 7.04. The molecule has 0 aliphatic rings. The summed E-state index contributed by atoms with van der Waals surface area (Å²) in [4.78, 5) is 17.2. The van der Waals surface area contributed by atoms with Gasteiger partial charge in [0.1, 0.15) is 5.69 Å². The minimum atomic E-state index is -0.386. The van der Waals surface area contributed by atoms with Crippen molar-refractivity contribution in [2.45, 2.75) is 13.0 Å². The van der Waals surface area contributed by atoms with Gasteiger partial charge in [-0.15, -0.1) is 0 Å². The van der Waals surface area contributed by atoms with Crippen LogP contribution in [-0.4, -0.2) is 16.0 Å². The Labute approximate surface area is 163 Å². The zero-order chi connectivity index (χ0) is 19.3. The Kier molecular flexibility index (Phi) is 4.97. The number of nitrogens with one attached hydrogen (secondary N) is 1. The SMILES string of the molecule is Cc1ccc(-c2cc(C(=O)NC(c3ccccc3)c3ccccn3)on2)cc1. The lowest BCUT2D eigenvalue weighted by Gasteiger charge is -2.18.